The van der Waals surface area contributed by atoms with Crippen molar-refractivity contribution in [3.63, 3.8) is 0 Å². The number of hydrogen-bond donors (Lipinski definition) is 1. The fourth-order valence-electron chi connectivity index (χ4n) is 2.68. The van der Waals surface area contributed by atoms with E-state index in [1.165, 1.54) is 0 Å². The number of hydrogen-bond acceptors (Lipinski definition) is 4. The summed E-state index contributed by atoms with van der Waals surface area (Å²) in [6.45, 7) is 1.07. The van der Waals surface area contributed by atoms with E-state index in [4.69, 9.17) is 15.2 Å². The van der Waals surface area contributed by atoms with Gasteiger partial charge in [-0.15, -0.1) is 0 Å². The fraction of sp³-hybridized carbons (Fsp3) is 0.533. The molecule has 2 N–H and O–H groups in total. The summed E-state index contributed by atoms with van der Waals surface area (Å²) >= 11 is 0. The molecule has 0 radical (unpaired) electrons. The quantitative estimate of drug-likeness (QED) is 0.882. The minimum absolute atomic E-state index is 0.0586. The van der Waals surface area contributed by atoms with E-state index < -0.39 is 0 Å². The summed E-state index contributed by atoms with van der Waals surface area (Å²) in [6.07, 6.45) is 1.22. The second-order valence-corrected chi connectivity index (χ2v) is 5.00. The number of nitrogens with two attached hydrogens (primary N) is 1. The van der Waals surface area contributed by atoms with Crippen LogP contribution in [0.15, 0.2) is 24.3 Å². The van der Waals surface area contributed by atoms with Crippen molar-refractivity contribution in [2.75, 3.05) is 27.4 Å². The molecule has 0 saturated carbocycles. The van der Waals surface area contributed by atoms with Gasteiger partial charge in [0.15, 0.2) is 0 Å². The minimum Gasteiger partial charge on any atom is -0.497 e. The molecule has 1 aliphatic rings. The molecule has 1 fully saturated rings. The molecule has 1 saturated heterocycles. The lowest BCUT2D eigenvalue weighted by Gasteiger charge is -2.40. The van der Waals surface area contributed by atoms with Crippen LogP contribution in [0.4, 0.5) is 0 Å². The average Bonchev–Trinajstić information content (AvgIpc) is 2.48. The van der Waals surface area contributed by atoms with Gasteiger partial charge in [-0.05, 0) is 24.1 Å². The third-order valence-electron chi connectivity index (χ3n) is 3.72. The second-order valence-electron chi connectivity index (χ2n) is 5.00. The van der Waals surface area contributed by atoms with E-state index in [0.29, 0.717) is 26.0 Å². The van der Waals surface area contributed by atoms with Gasteiger partial charge < -0.3 is 20.1 Å². The van der Waals surface area contributed by atoms with E-state index >= 15 is 0 Å². The van der Waals surface area contributed by atoms with Crippen molar-refractivity contribution in [2.24, 2.45) is 5.73 Å². The van der Waals surface area contributed by atoms with Crippen LogP contribution in [0.2, 0.25) is 0 Å². The highest BCUT2D eigenvalue weighted by Gasteiger charge is 2.34. The van der Waals surface area contributed by atoms with Crippen molar-refractivity contribution in [2.45, 2.75) is 24.9 Å². The maximum absolute atomic E-state index is 12.2. The molecule has 5 heteroatoms. The summed E-state index contributed by atoms with van der Waals surface area (Å²) in [4.78, 5) is 14.0. The Bertz CT molecular complexity index is 464. The molecule has 5 nitrogen and oxygen atoms in total. The van der Waals surface area contributed by atoms with Crippen LogP contribution in [0.3, 0.4) is 0 Å². The third kappa shape index (κ3) is 3.11. The van der Waals surface area contributed by atoms with Gasteiger partial charge in [-0.2, -0.15) is 0 Å². The molecule has 0 bridgehead atoms. The first-order valence-electron chi connectivity index (χ1n) is 6.85. The maximum Gasteiger partial charge on any atom is 0.223 e. The molecule has 2 unspecified atom stereocenters. The molecule has 1 aliphatic heterocycles. The van der Waals surface area contributed by atoms with Gasteiger partial charge >= 0.3 is 0 Å². The Balaban J connectivity index is 2.28. The Kier molecular flexibility index (Phi) is 4.98. The topological polar surface area (TPSA) is 64.8 Å². The average molecular weight is 278 g/mol. The van der Waals surface area contributed by atoms with Gasteiger partial charge in [0.1, 0.15) is 5.75 Å². The van der Waals surface area contributed by atoms with Crippen LogP contribution in [0.25, 0.3) is 0 Å². The first kappa shape index (κ1) is 14.8. The van der Waals surface area contributed by atoms with Crippen molar-refractivity contribution >= 4 is 5.91 Å². The van der Waals surface area contributed by atoms with Crippen LogP contribution < -0.4 is 10.5 Å². The number of nitrogens with zero attached hydrogens (tertiary/aromatic N) is 1. The van der Waals surface area contributed by atoms with E-state index in [2.05, 4.69) is 0 Å². The highest BCUT2D eigenvalue weighted by atomic mass is 16.5. The normalized spacial score (nSPS) is 22.9. The van der Waals surface area contributed by atoms with Gasteiger partial charge in [0.25, 0.3) is 0 Å². The molecule has 1 heterocycles. The molecule has 1 aromatic rings. The highest BCUT2D eigenvalue weighted by Crippen LogP contribution is 2.32. The number of carbonyl (C=O) groups excluding carboxylic acids is 1. The Morgan fingerprint density at radius 2 is 2.20 bits per heavy atom. The smallest absolute Gasteiger partial charge is 0.223 e. The molecular formula is C15H22N2O3. The molecule has 20 heavy (non-hydrogen) atoms. The fourth-order valence-corrected chi connectivity index (χ4v) is 2.68. The maximum atomic E-state index is 12.2. The Hall–Kier alpha value is -1.59. The third-order valence-corrected chi connectivity index (χ3v) is 3.72. The lowest BCUT2D eigenvalue weighted by atomic mass is 9.90. The number of benzene rings is 1. The van der Waals surface area contributed by atoms with Crippen LogP contribution in [0, 0.1) is 0 Å². The summed E-state index contributed by atoms with van der Waals surface area (Å²) in [5.41, 5.74) is 7.27. The SMILES string of the molecule is COCCN1C(=O)CCC(N)C1c1cccc(OC)c1. The molecule has 110 valence electrons. The van der Waals surface area contributed by atoms with Crippen LogP contribution in [-0.4, -0.2) is 44.2 Å². The largest absolute Gasteiger partial charge is 0.497 e. The zero-order valence-electron chi connectivity index (χ0n) is 12.0. The zero-order valence-corrected chi connectivity index (χ0v) is 12.0. The monoisotopic (exact) mass is 278 g/mol. The number of likely N-dealkylation sites (tertiary alicyclic amines) is 1. The first-order chi connectivity index (χ1) is 9.67. The molecule has 0 aromatic heterocycles. The van der Waals surface area contributed by atoms with Gasteiger partial charge in [0.2, 0.25) is 5.91 Å². The van der Waals surface area contributed by atoms with Gasteiger partial charge in [0.05, 0.1) is 19.8 Å². The van der Waals surface area contributed by atoms with E-state index in [1.807, 2.05) is 29.2 Å². The van der Waals surface area contributed by atoms with Crippen LogP contribution in [-0.2, 0) is 9.53 Å². The Labute approximate surface area is 119 Å². The van der Waals surface area contributed by atoms with Crippen molar-refractivity contribution in [3.05, 3.63) is 29.8 Å². The zero-order chi connectivity index (χ0) is 14.5. The summed E-state index contributed by atoms with van der Waals surface area (Å²) in [6, 6.07) is 7.58. The molecule has 0 aliphatic carbocycles. The van der Waals surface area contributed by atoms with Gasteiger partial charge in [-0.3, -0.25) is 4.79 Å². The van der Waals surface area contributed by atoms with Crippen molar-refractivity contribution in [1.82, 2.24) is 4.90 Å². The van der Waals surface area contributed by atoms with E-state index in [0.717, 1.165) is 11.3 Å². The number of rotatable bonds is 5. The van der Waals surface area contributed by atoms with Crippen LogP contribution in [0.5, 0.6) is 5.75 Å². The molecule has 1 aromatic carbocycles. The van der Waals surface area contributed by atoms with Crippen LogP contribution in [0.1, 0.15) is 24.4 Å². The lowest BCUT2D eigenvalue weighted by molar-refractivity contribution is -0.138. The predicted molar refractivity (Wildman–Crippen MR) is 76.5 cm³/mol. The number of amides is 1. The predicted octanol–water partition coefficient (Wildman–Crippen LogP) is 1.33. The van der Waals surface area contributed by atoms with E-state index in [-0.39, 0.29) is 18.0 Å². The minimum atomic E-state index is -0.110. The summed E-state index contributed by atoms with van der Waals surface area (Å²) in [5.74, 6) is 0.913. The van der Waals surface area contributed by atoms with Gasteiger partial charge in [0, 0.05) is 26.1 Å². The van der Waals surface area contributed by atoms with Crippen molar-refractivity contribution in [3.8, 4) is 5.75 Å². The number of carbonyl (C=O) groups is 1. The standard InChI is InChI=1S/C15H22N2O3/c1-19-9-8-17-14(18)7-6-13(16)15(17)11-4-3-5-12(10-11)20-2/h3-5,10,13,15H,6-9,16H2,1-2H3. The van der Waals surface area contributed by atoms with Gasteiger partial charge in [-0.1, -0.05) is 12.1 Å². The van der Waals surface area contributed by atoms with E-state index in [1.54, 1.807) is 14.2 Å². The molecule has 0 spiro atoms. The number of ether oxygens (including phenoxy) is 2. The van der Waals surface area contributed by atoms with E-state index in [9.17, 15) is 4.79 Å². The van der Waals surface area contributed by atoms with Gasteiger partial charge in [-0.25, -0.2) is 0 Å². The lowest BCUT2D eigenvalue weighted by Crippen LogP contribution is -2.49. The Morgan fingerprint density at radius 3 is 2.90 bits per heavy atom. The molecule has 2 atom stereocenters. The summed E-state index contributed by atoms with van der Waals surface area (Å²) in [7, 11) is 3.27. The number of piperidine rings is 1. The Morgan fingerprint density at radius 1 is 1.40 bits per heavy atom. The molecule has 2 rings (SSSR count). The first-order valence-corrected chi connectivity index (χ1v) is 6.85. The summed E-state index contributed by atoms with van der Waals surface area (Å²) in [5, 5.41) is 0. The molecular weight excluding hydrogens is 256 g/mol. The van der Waals surface area contributed by atoms with Crippen molar-refractivity contribution in [1.29, 1.82) is 0 Å². The summed E-state index contributed by atoms with van der Waals surface area (Å²) < 4.78 is 10.4. The second kappa shape index (κ2) is 6.72. The number of methoxy groups -OCH3 is 2. The van der Waals surface area contributed by atoms with Crippen molar-refractivity contribution < 1.29 is 14.3 Å². The highest BCUT2D eigenvalue weighted by molar-refractivity contribution is 5.78. The van der Waals surface area contributed by atoms with Crippen LogP contribution >= 0.6 is 0 Å². The molecule has 1 amide bonds.